The molecule has 0 saturated heterocycles. The van der Waals surface area contributed by atoms with Gasteiger partial charge in [-0.1, -0.05) is 25.2 Å². The van der Waals surface area contributed by atoms with E-state index in [4.69, 9.17) is 0 Å². The number of alkyl halides is 4. The van der Waals surface area contributed by atoms with Gasteiger partial charge in [-0.3, -0.25) is 0 Å². The van der Waals surface area contributed by atoms with Crippen LogP contribution in [0, 0.1) is 0 Å². The average Bonchev–Trinajstić information content (AvgIpc) is 2.30. The zero-order valence-electron chi connectivity index (χ0n) is 10.3. The monoisotopic (exact) mass is 264 g/mol. The fraction of sp³-hybridized carbons (Fsp3) is 0.417. The molecule has 0 aliphatic carbocycles. The van der Waals surface area contributed by atoms with Crippen LogP contribution in [-0.4, -0.2) is 24.6 Å². The fourth-order valence-corrected chi connectivity index (χ4v) is 1.30. The number of halogens is 4. The van der Waals surface area contributed by atoms with Gasteiger partial charge in [-0.15, -0.1) is 0 Å². The summed E-state index contributed by atoms with van der Waals surface area (Å²) in [7, 11) is 0. The Morgan fingerprint density at radius 1 is 1.39 bits per heavy atom. The van der Waals surface area contributed by atoms with Gasteiger partial charge in [0.15, 0.2) is 0 Å². The van der Waals surface area contributed by atoms with Crippen molar-refractivity contribution in [2.75, 3.05) is 6.67 Å². The van der Waals surface area contributed by atoms with E-state index in [0.717, 1.165) is 6.08 Å². The lowest BCUT2D eigenvalue weighted by molar-refractivity contribution is -0.109. The van der Waals surface area contributed by atoms with Crippen LogP contribution in [-0.2, 0) is 0 Å². The summed E-state index contributed by atoms with van der Waals surface area (Å²) in [5, 5.41) is 4.09. The topological polar surface area (TPSA) is 15.6 Å². The van der Waals surface area contributed by atoms with Gasteiger partial charge in [0.1, 0.15) is 12.4 Å². The Balaban J connectivity index is 5.34. The molecular weight excluding hydrogens is 248 g/mol. The predicted molar refractivity (Wildman–Crippen MR) is 64.7 cm³/mol. The molecule has 0 heterocycles. The summed E-state index contributed by atoms with van der Waals surface area (Å²) in [6.45, 7) is 5.41. The Morgan fingerprint density at radius 2 is 2.00 bits per heavy atom. The van der Waals surface area contributed by atoms with Crippen molar-refractivity contribution in [3.05, 3.63) is 35.7 Å². The lowest BCUT2D eigenvalue weighted by Gasteiger charge is -2.25. The van der Waals surface area contributed by atoms with Gasteiger partial charge >= 0.3 is 6.18 Å². The molecule has 0 aromatic heterocycles. The second-order valence-corrected chi connectivity index (χ2v) is 3.22. The molecule has 0 aromatic rings. The van der Waals surface area contributed by atoms with Gasteiger partial charge in [-0.05, 0) is 19.4 Å². The first-order chi connectivity index (χ1) is 8.42. The van der Waals surface area contributed by atoms with Crippen molar-refractivity contribution in [2.45, 2.75) is 26.4 Å². The highest BCUT2D eigenvalue weighted by Crippen LogP contribution is 2.31. The van der Waals surface area contributed by atoms with E-state index in [1.54, 1.807) is 6.92 Å². The van der Waals surface area contributed by atoms with Gasteiger partial charge < -0.3 is 0 Å². The molecule has 0 bridgehead atoms. The Kier molecular flexibility index (Phi) is 7.00. The smallest absolute Gasteiger partial charge is 0.247 e. The van der Waals surface area contributed by atoms with Crippen LogP contribution in [0.15, 0.2) is 40.8 Å². The summed E-state index contributed by atoms with van der Waals surface area (Å²) < 4.78 is 50.1. The molecule has 0 unspecified atom stereocenters. The zero-order chi connectivity index (χ0) is 14.2. The van der Waals surface area contributed by atoms with Crippen LogP contribution < -0.4 is 0 Å². The minimum Gasteiger partial charge on any atom is -0.247 e. The molecule has 0 aliphatic heterocycles. The molecule has 0 N–H and O–H groups in total. The maximum Gasteiger partial charge on any atom is 0.433 e. The number of hydrazone groups is 1. The second kappa shape index (κ2) is 7.68. The molecule has 0 spiro atoms. The van der Waals surface area contributed by atoms with Crippen LogP contribution in [0.3, 0.4) is 0 Å². The van der Waals surface area contributed by atoms with E-state index in [0.29, 0.717) is 11.4 Å². The van der Waals surface area contributed by atoms with Crippen molar-refractivity contribution in [1.29, 1.82) is 0 Å². The van der Waals surface area contributed by atoms with E-state index in [-0.39, 0.29) is 5.70 Å². The van der Waals surface area contributed by atoms with E-state index in [1.165, 1.54) is 25.2 Å². The Morgan fingerprint density at radius 3 is 2.33 bits per heavy atom. The van der Waals surface area contributed by atoms with Gasteiger partial charge in [-0.2, -0.15) is 18.3 Å². The minimum absolute atomic E-state index is 0.278. The van der Waals surface area contributed by atoms with Crippen molar-refractivity contribution >= 4 is 6.72 Å². The Bertz CT molecular complexity index is 354. The molecule has 0 fully saturated rings. The molecular formula is C12H16F4N2. The Hall–Kier alpha value is -1.59. The van der Waals surface area contributed by atoms with E-state index in [1.807, 2.05) is 0 Å². The van der Waals surface area contributed by atoms with Crippen molar-refractivity contribution < 1.29 is 17.6 Å². The number of nitrogens with zero attached hydrogens (tertiary/aromatic N) is 2. The maximum atomic E-state index is 12.7. The van der Waals surface area contributed by atoms with E-state index >= 15 is 0 Å². The first-order valence-corrected chi connectivity index (χ1v) is 5.34. The SMILES string of the molecule is C=NN(C(=CC=CCF)CC)C(=CC)C(F)(F)F. The standard InChI is InChI=1S/C12H16F4N2/c1-4-10(8-6-7-9-13)18(17-3)11(5-2)12(14,15)16/h5-8H,3-4,9H2,1-2H3. The third-order valence-electron chi connectivity index (χ3n) is 2.08. The molecule has 2 nitrogen and oxygen atoms in total. The molecule has 0 aliphatic rings. The second-order valence-electron chi connectivity index (χ2n) is 3.22. The third kappa shape index (κ3) is 4.73. The summed E-state index contributed by atoms with van der Waals surface area (Å²) in [4.78, 5) is 0. The average molecular weight is 264 g/mol. The number of allylic oxidation sites excluding steroid dienone is 6. The summed E-state index contributed by atoms with van der Waals surface area (Å²) in [6, 6.07) is 0. The lowest BCUT2D eigenvalue weighted by atomic mass is 10.2. The molecule has 6 heteroatoms. The van der Waals surface area contributed by atoms with Crippen LogP contribution in [0.4, 0.5) is 17.6 Å². The van der Waals surface area contributed by atoms with Crippen LogP contribution >= 0.6 is 0 Å². The summed E-state index contributed by atoms with van der Waals surface area (Å²) in [5.41, 5.74) is -0.639. The predicted octanol–water partition coefficient (Wildman–Crippen LogP) is 4.19. The van der Waals surface area contributed by atoms with Gasteiger partial charge in [0, 0.05) is 12.4 Å². The molecule has 0 radical (unpaired) electrons. The fourth-order valence-electron chi connectivity index (χ4n) is 1.30. The van der Waals surface area contributed by atoms with E-state index in [2.05, 4.69) is 11.8 Å². The minimum atomic E-state index is -4.52. The van der Waals surface area contributed by atoms with Gasteiger partial charge in [-0.25, -0.2) is 9.40 Å². The third-order valence-corrected chi connectivity index (χ3v) is 2.08. The summed E-state index contributed by atoms with van der Waals surface area (Å²) in [5.74, 6) is 0. The first-order valence-electron chi connectivity index (χ1n) is 5.34. The van der Waals surface area contributed by atoms with Crippen molar-refractivity contribution in [1.82, 2.24) is 5.01 Å². The molecule has 0 saturated carbocycles. The highest BCUT2D eigenvalue weighted by Gasteiger charge is 2.38. The van der Waals surface area contributed by atoms with Crippen LogP contribution in [0.5, 0.6) is 0 Å². The normalized spacial score (nSPS) is 14.1. The highest BCUT2D eigenvalue weighted by atomic mass is 19.4. The van der Waals surface area contributed by atoms with Crippen molar-refractivity contribution in [3.63, 3.8) is 0 Å². The first kappa shape index (κ1) is 16.4. The van der Waals surface area contributed by atoms with Crippen molar-refractivity contribution in [2.24, 2.45) is 5.10 Å². The highest BCUT2D eigenvalue weighted by molar-refractivity contribution is 5.28. The molecule has 18 heavy (non-hydrogen) atoms. The number of hydrogen-bond donors (Lipinski definition) is 0. The molecule has 0 aromatic carbocycles. The van der Waals surface area contributed by atoms with Gasteiger partial charge in [0.25, 0.3) is 0 Å². The molecule has 0 amide bonds. The maximum absolute atomic E-state index is 12.7. The van der Waals surface area contributed by atoms with Crippen LogP contribution in [0.25, 0.3) is 0 Å². The van der Waals surface area contributed by atoms with Crippen LogP contribution in [0.1, 0.15) is 20.3 Å². The molecule has 102 valence electrons. The van der Waals surface area contributed by atoms with Gasteiger partial charge in [0.2, 0.25) is 0 Å². The Labute approximate surface area is 104 Å². The van der Waals surface area contributed by atoms with E-state index < -0.39 is 18.5 Å². The van der Waals surface area contributed by atoms with Gasteiger partial charge in [0.05, 0.1) is 0 Å². The summed E-state index contributed by atoms with van der Waals surface area (Å²) in [6.07, 6.45) is 0.623. The van der Waals surface area contributed by atoms with E-state index in [9.17, 15) is 17.6 Å². The van der Waals surface area contributed by atoms with Crippen LogP contribution in [0.2, 0.25) is 0 Å². The largest absolute Gasteiger partial charge is 0.433 e. The molecule has 0 rings (SSSR count). The number of rotatable bonds is 6. The molecule has 0 atom stereocenters. The number of hydrogen-bond acceptors (Lipinski definition) is 2. The van der Waals surface area contributed by atoms with Crippen molar-refractivity contribution in [3.8, 4) is 0 Å². The quantitative estimate of drug-likeness (QED) is 0.304. The summed E-state index contributed by atoms with van der Waals surface area (Å²) >= 11 is 0. The lowest BCUT2D eigenvalue weighted by Crippen LogP contribution is -2.27. The zero-order valence-corrected chi connectivity index (χ0v) is 10.3.